The lowest BCUT2D eigenvalue weighted by atomic mass is 10.1. The van der Waals surface area contributed by atoms with Crippen LogP contribution in [0.4, 0.5) is 0 Å². The molecule has 1 atom stereocenters. The number of methoxy groups -OCH3 is 1. The number of hydrogen-bond donors (Lipinski definition) is 1. The molecule has 0 fully saturated rings. The Kier molecular flexibility index (Phi) is 7.42. The van der Waals surface area contributed by atoms with Gasteiger partial charge < -0.3 is 14.7 Å². The monoisotopic (exact) mass is 203 g/mol. The zero-order valence-electron chi connectivity index (χ0n) is 9.32. The van der Waals surface area contributed by atoms with Crippen LogP contribution in [0.3, 0.4) is 0 Å². The predicted octanol–water partition coefficient (Wildman–Crippen LogP) is 0.500. The Balaban J connectivity index is 3.85. The molecule has 0 aliphatic heterocycles. The van der Waals surface area contributed by atoms with Gasteiger partial charge in [0.25, 0.3) is 0 Å². The molecular formula is C10H21NO3. The van der Waals surface area contributed by atoms with Crippen molar-refractivity contribution >= 4 is 5.97 Å². The van der Waals surface area contributed by atoms with Gasteiger partial charge in [-0.2, -0.15) is 0 Å². The summed E-state index contributed by atoms with van der Waals surface area (Å²) in [6, 6.07) is 0. The van der Waals surface area contributed by atoms with Crippen LogP contribution in [0.1, 0.15) is 20.3 Å². The van der Waals surface area contributed by atoms with Crippen LogP contribution in [0.2, 0.25) is 0 Å². The van der Waals surface area contributed by atoms with Crippen molar-refractivity contribution < 1.29 is 14.6 Å². The zero-order chi connectivity index (χ0) is 11.0. The van der Waals surface area contributed by atoms with Crippen LogP contribution in [0, 0.1) is 5.92 Å². The summed E-state index contributed by atoms with van der Waals surface area (Å²) < 4.78 is 4.65. The Morgan fingerprint density at radius 2 is 2.21 bits per heavy atom. The number of aliphatic hydroxyl groups is 1. The van der Waals surface area contributed by atoms with Gasteiger partial charge in [0.05, 0.1) is 13.0 Å². The minimum atomic E-state index is -0.174. The van der Waals surface area contributed by atoms with E-state index in [-0.39, 0.29) is 18.5 Å². The summed E-state index contributed by atoms with van der Waals surface area (Å²) >= 11 is 0. The van der Waals surface area contributed by atoms with Crippen LogP contribution < -0.4 is 0 Å². The molecule has 0 rings (SSSR count). The van der Waals surface area contributed by atoms with E-state index in [0.29, 0.717) is 6.54 Å². The molecule has 0 aromatic rings. The number of nitrogens with zero attached hydrogens (tertiary/aromatic N) is 1. The Bertz CT molecular complexity index is 161. The lowest BCUT2D eigenvalue weighted by Crippen LogP contribution is -2.33. The molecule has 0 bridgehead atoms. The highest BCUT2D eigenvalue weighted by molar-refractivity contribution is 5.72. The van der Waals surface area contributed by atoms with Crippen LogP contribution in [-0.4, -0.2) is 49.3 Å². The molecule has 0 aromatic carbocycles. The van der Waals surface area contributed by atoms with Gasteiger partial charge in [-0.15, -0.1) is 0 Å². The van der Waals surface area contributed by atoms with Crippen LogP contribution in [0.15, 0.2) is 0 Å². The molecule has 1 unspecified atom stereocenters. The number of carbonyl (C=O) groups is 1. The Morgan fingerprint density at radius 3 is 2.64 bits per heavy atom. The van der Waals surface area contributed by atoms with Gasteiger partial charge >= 0.3 is 5.97 Å². The quantitative estimate of drug-likeness (QED) is 0.612. The average molecular weight is 203 g/mol. The average Bonchev–Trinajstić information content (AvgIpc) is 2.22. The molecule has 0 saturated heterocycles. The van der Waals surface area contributed by atoms with E-state index in [1.54, 1.807) is 0 Å². The number of ether oxygens (including phenoxy) is 1. The normalized spacial score (nSPS) is 12.9. The maximum atomic E-state index is 11.1. The van der Waals surface area contributed by atoms with Crippen molar-refractivity contribution in [3.63, 3.8) is 0 Å². The highest BCUT2D eigenvalue weighted by Gasteiger charge is 2.16. The summed E-state index contributed by atoms with van der Waals surface area (Å²) in [4.78, 5) is 13.3. The first kappa shape index (κ1) is 13.4. The van der Waals surface area contributed by atoms with E-state index in [1.165, 1.54) is 7.11 Å². The third-order valence-electron chi connectivity index (χ3n) is 2.22. The van der Waals surface area contributed by atoms with Gasteiger partial charge in [0, 0.05) is 19.7 Å². The molecule has 0 heterocycles. The second-order valence-electron chi connectivity index (χ2n) is 3.39. The van der Waals surface area contributed by atoms with Crippen LogP contribution >= 0.6 is 0 Å². The summed E-state index contributed by atoms with van der Waals surface area (Å²) in [5.74, 6) is -0.272. The molecule has 14 heavy (non-hydrogen) atoms. The second-order valence-corrected chi connectivity index (χ2v) is 3.39. The van der Waals surface area contributed by atoms with Crippen molar-refractivity contribution in [3.05, 3.63) is 0 Å². The van der Waals surface area contributed by atoms with Crippen molar-refractivity contribution in [3.8, 4) is 0 Å². The number of hydrogen-bond acceptors (Lipinski definition) is 4. The van der Waals surface area contributed by atoms with Crippen LogP contribution in [0.25, 0.3) is 0 Å². The van der Waals surface area contributed by atoms with Crippen molar-refractivity contribution in [2.24, 2.45) is 5.92 Å². The highest BCUT2D eigenvalue weighted by atomic mass is 16.5. The molecule has 4 heteroatoms. The van der Waals surface area contributed by atoms with E-state index in [2.05, 4.69) is 9.64 Å². The zero-order valence-corrected chi connectivity index (χ0v) is 9.32. The summed E-state index contributed by atoms with van der Waals surface area (Å²) in [6.45, 7) is 6.51. The third kappa shape index (κ3) is 5.19. The highest BCUT2D eigenvalue weighted by Crippen LogP contribution is 2.02. The van der Waals surface area contributed by atoms with Crippen LogP contribution in [-0.2, 0) is 9.53 Å². The molecule has 0 aliphatic rings. The number of aliphatic hydroxyl groups excluding tert-OH is 1. The molecule has 1 N–H and O–H groups in total. The van der Waals surface area contributed by atoms with E-state index < -0.39 is 0 Å². The molecule has 0 amide bonds. The van der Waals surface area contributed by atoms with Gasteiger partial charge in [-0.05, 0) is 13.0 Å². The van der Waals surface area contributed by atoms with Crippen molar-refractivity contribution in [1.29, 1.82) is 0 Å². The Labute approximate surface area is 85.9 Å². The molecule has 0 saturated carbocycles. The van der Waals surface area contributed by atoms with Crippen molar-refractivity contribution in [2.75, 3.05) is 33.4 Å². The van der Waals surface area contributed by atoms with E-state index in [9.17, 15) is 4.79 Å². The fourth-order valence-corrected chi connectivity index (χ4v) is 1.34. The maximum absolute atomic E-state index is 11.1. The third-order valence-corrected chi connectivity index (χ3v) is 2.22. The minimum absolute atomic E-state index is 0.0985. The fourth-order valence-electron chi connectivity index (χ4n) is 1.34. The summed E-state index contributed by atoms with van der Waals surface area (Å²) in [7, 11) is 1.41. The maximum Gasteiger partial charge on any atom is 0.309 e. The summed E-state index contributed by atoms with van der Waals surface area (Å²) in [5.41, 5.74) is 0. The number of rotatable bonds is 7. The second kappa shape index (κ2) is 7.76. The van der Waals surface area contributed by atoms with Crippen LogP contribution in [0.5, 0.6) is 0 Å². The van der Waals surface area contributed by atoms with E-state index >= 15 is 0 Å². The topological polar surface area (TPSA) is 49.8 Å². The molecule has 0 aliphatic carbocycles. The smallest absolute Gasteiger partial charge is 0.309 e. The van der Waals surface area contributed by atoms with Gasteiger partial charge in [-0.1, -0.05) is 13.8 Å². The molecule has 0 radical (unpaired) electrons. The standard InChI is InChI=1S/C10H21NO3/c1-4-11(6-5-7-12)8-9(2)10(13)14-3/h9,12H,4-8H2,1-3H3. The molecule has 0 aromatic heterocycles. The first-order valence-electron chi connectivity index (χ1n) is 5.06. The molecule has 4 nitrogen and oxygen atoms in total. The minimum Gasteiger partial charge on any atom is -0.469 e. The van der Waals surface area contributed by atoms with Gasteiger partial charge in [-0.25, -0.2) is 0 Å². The largest absolute Gasteiger partial charge is 0.469 e. The van der Waals surface area contributed by atoms with Gasteiger partial charge in [0.15, 0.2) is 0 Å². The summed E-state index contributed by atoms with van der Waals surface area (Å²) in [6.07, 6.45) is 0.752. The SMILES string of the molecule is CCN(CCCO)CC(C)C(=O)OC. The fraction of sp³-hybridized carbons (Fsp3) is 0.900. The van der Waals surface area contributed by atoms with E-state index in [1.807, 2.05) is 13.8 Å². The van der Waals surface area contributed by atoms with Gasteiger partial charge in [-0.3, -0.25) is 4.79 Å². The van der Waals surface area contributed by atoms with Crippen molar-refractivity contribution in [1.82, 2.24) is 4.90 Å². The molecule has 0 spiro atoms. The number of carbonyl (C=O) groups excluding carboxylic acids is 1. The lowest BCUT2D eigenvalue weighted by molar-refractivity contribution is -0.145. The van der Waals surface area contributed by atoms with E-state index in [4.69, 9.17) is 5.11 Å². The first-order chi connectivity index (χ1) is 6.65. The predicted molar refractivity (Wildman–Crippen MR) is 55.0 cm³/mol. The Morgan fingerprint density at radius 1 is 1.57 bits per heavy atom. The summed E-state index contributed by atoms with van der Waals surface area (Å²) in [5, 5.41) is 8.68. The van der Waals surface area contributed by atoms with Crippen molar-refractivity contribution in [2.45, 2.75) is 20.3 Å². The Hall–Kier alpha value is -0.610. The van der Waals surface area contributed by atoms with Gasteiger partial charge in [0.1, 0.15) is 0 Å². The van der Waals surface area contributed by atoms with E-state index in [0.717, 1.165) is 19.5 Å². The molecular weight excluding hydrogens is 182 g/mol. The number of esters is 1. The lowest BCUT2D eigenvalue weighted by Gasteiger charge is -2.22. The molecule has 84 valence electrons. The first-order valence-corrected chi connectivity index (χ1v) is 5.06. The van der Waals surface area contributed by atoms with Gasteiger partial charge in [0.2, 0.25) is 0 Å².